The second-order valence-electron chi connectivity index (χ2n) is 5.29. The lowest BCUT2D eigenvalue weighted by molar-refractivity contribution is -0.128. The summed E-state index contributed by atoms with van der Waals surface area (Å²) in [5.41, 5.74) is 2.10. The van der Waals surface area contributed by atoms with Crippen LogP contribution in [0.4, 0.5) is 0 Å². The largest absolute Gasteiger partial charge is 0.472 e. The summed E-state index contributed by atoms with van der Waals surface area (Å²) in [6.07, 6.45) is 1.61. The second-order valence-corrected chi connectivity index (χ2v) is 5.29. The number of rotatable bonds is 5. The summed E-state index contributed by atoms with van der Waals surface area (Å²) >= 11 is 0. The highest BCUT2D eigenvalue weighted by Gasteiger charge is 2.21. The van der Waals surface area contributed by atoms with Gasteiger partial charge in [-0.25, -0.2) is 0 Å². The van der Waals surface area contributed by atoms with Gasteiger partial charge in [0, 0.05) is 26.1 Å². The van der Waals surface area contributed by atoms with Crippen molar-refractivity contribution in [3.8, 4) is 5.88 Å². The van der Waals surface area contributed by atoms with Crippen molar-refractivity contribution in [3.63, 3.8) is 0 Å². The number of ether oxygens (including phenoxy) is 1. The van der Waals surface area contributed by atoms with Gasteiger partial charge in [-0.15, -0.1) is 5.10 Å². The summed E-state index contributed by atoms with van der Waals surface area (Å²) < 4.78 is 7.49. The maximum atomic E-state index is 11.7. The van der Waals surface area contributed by atoms with Crippen LogP contribution in [0.2, 0.25) is 0 Å². The fraction of sp³-hybridized carbons (Fsp3) is 0.375. The Hall–Kier alpha value is -2.30. The monoisotopic (exact) mass is 285 g/mol. The number of hydrogen-bond donors (Lipinski definition) is 0. The molecule has 0 radical (unpaired) electrons. The van der Waals surface area contributed by atoms with E-state index in [2.05, 4.69) is 5.10 Å². The topological polar surface area (TPSA) is 47.4 Å². The average Bonchev–Trinajstić information content (AvgIpc) is 3.05. The molecule has 0 aliphatic carbocycles. The molecule has 5 nitrogen and oxygen atoms in total. The fourth-order valence-electron chi connectivity index (χ4n) is 2.49. The Kier molecular flexibility index (Phi) is 3.90. The van der Waals surface area contributed by atoms with Gasteiger partial charge in [0.25, 0.3) is 0 Å². The number of carbonyl (C=O) groups excluding carboxylic acids is 1. The third-order valence-electron chi connectivity index (χ3n) is 3.71. The van der Waals surface area contributed by atoms with Gasteiger partial charge in [-0.2, -0.15) is 0 Å². The zero-order chi connectivity index (χ0) is 14.7. The minimum absolute atomic E-state index is 0.225. The highest BCUT2D eigenvalue weighted by molar-refractivity contribution is 5.77. The standard InChI is InChI=1S/C16H19N3O2/c1-18-14(11-19-9-5-8-16(19)20)10-15(17-18)21-12-13-6-3-2-4-7-13/h2-4,6-7,10H,5,8-9,11-12H2,1H3. The minimum Gasteiger partial charge on any atom is -0.472 e. The van der Waals surface area contributed by atoms with E-state index in [1.54, 1.807) is 4.68 Å². The lowest BCUT2D eigenvalue weighted by Gasteiger charge is -2.14. The maximum Gasteiger partial charge on any atom is 0.233 e. The molecule has 1 aliphatic heterocycles. The number of aromatic nitrogens is 2. The summed E-state index contributed by atoms with van der Waals surface area (Å²) in [5, 5.41) is 4.35. The summed E-state index contributed by atoms with van der Waals surface area (Å²) in [6.45, 7) is 1.95. The van der Waals surface area contributed by atoms with Crippen molar-refractivity contribution in [2.75, 3.05) is 6.54 Å². The van der Waals surface area contributed by atoms with Crippen LogP contribution >= 0.6 is 0 Å². The van der Waals surface area contributed by atoms with Gasteiger partial charge in [-0.3, -0.25) is 9.48 Å². The molecule has 1 amide bonds. The number of benzene rings is 1. The van der Waals surface area contributed by atoms with E-state index in [4.69, 9.17) is 4.74 Å². The number of nitrogens with zero attached hydrogens (tertiary/aromatic N) is 3. The molecule has 1 aromatic carbocycles. The van der Waals surface area contributed by atoms with Crippen LogP contribution in [-0.2, 0) is 25.0 Å². The number of carbonyl (C=O) groups is 1. The molecule has 5 heteroatoms. The van der Waals surface area contributed by atoms with Crippen molar-refractivity contribution < 1.29 is 9.53 Å². The van der Waals surface area contributed by atoms with Crippen LogP contribution in [0.5, 0.6) is 5.88 Å². The molecule has 1 aromatic heterocycles. The molecular formula is C16H19N3O2. The predicted octanol–water partition coefficient (Wildman–Crippen LogP) is 2.12. The molecule has 21 heavy (non-hydrogen) atoms. The Morgan fingerprint density at radius 2 is 2.10 bits per heavy atom. The Labute approximate surface area is 124 Å². The quantitative estimate of drug-likeness (QED) is 0.845. The van der Waals surface area contributed by atoms with Crippen molar-refractivity contribution in [3.05, 3.63) is 47.7 Å². The number of likely N-dealkylation sites (tertiary alicyclic amines) is 1. The molecule has 0 spiro atoms. The molecule has 1 saturated heterocycles. The van der Waals surface area contributed by atoms with Crippen molar-refractivity contribution in [2.45, 2.75) is 26.0 Å². The van der Waals surface area contributed by atoms with Crippen LogP contribution in [0.3, 0.4) is 0 Å². The minimum atomic E-state index is 0.225. The van der Waals surface area contributed by atoms with Crippen molar-refractivity contribution in [1.82, 2.24) is 14.7 Å². The van der Waals surface area contributed by atoms with Gasteiger partial charge in [-0.1, -0.05) is 30.3 Å². The van der Waals surface area contributed by atoms with Gasteiger partial charge >= 0.3 is 0 Å². The molecule has 0 saturated carbocycles. The van der Waals surface area contributed by atoms with E-state index in [0.717, 1.165) is 24.2 Å². The Balaban J connectivity index is 1.62. The molecule has 3 rings (SSSR count). The van der Waals surface area contributed by atoms with Gasteiger partial charge in [0.15, 0.2) is 0 Å². The molecular weight excluding hydrogens is 266 g/mol. The smallest absolute Gasteiger partial charge is 0.233 e. The molecule has 2 heterocycles. The van der Waals surface area contributed by atoms with Crippen LogP contribution < -0.4 is 4.74 Å². The number of aryl methyl sites for hydroxylation is 1. The van der Waals surface area contributed by atoms with Crippen LogP contribution in [-0.4, -0.2) is 27.1 Å². The molecule has 0 N–H and O–H groups in total. The molecule has 1 fully saturated rings. The van der Waals surface area contributed by atoms with Crippen molar-refractivity contribution in [1.29, 1.82) is 0 Å². The second kappa shape index (κ2) is 5.99. The number of amides is 1. The van der Waals surface area contributed by atoms with Gasteiger partial charge in [0.2, 0.25) is 11.8 Å². The molecule has 110 valence electrons. The van der Waals surface area contributed by atoms with Gasteiger partial charge in [0.1, 0.15) is 6.61 Å². The van der Waals surface area contributed by atoms with Gasteiger partial charge in [0.05, 0.1) is 12.2 Å². The molecule has 0 atom stereocenters. The highest BCUT2D eigenvalue weighted by Crippen LogP contribution is 2.18. The summed E-state index contributed by atoms with van der Waals surface area (Å²) in [6, 6.07) is 11.9. The number of hydrogen-bond acceptors (Lipinski definition) is 3. The molecule has 1 aliphatic rings. The molecule has 2 aromatic rings. The summed E-state index contributed by atoms with van der Waals surface area (Å²) in [5.74, 6) is 0.825. The van der Waals surface area contributed by atoms with E-state index in [-0.39, 0.29) is 5.91 Å². The lowest BCUT2D eigenvalue weighted by Crippen LogP contribution is -2.25. The van der Waals surface area contributed by atoms with Crippen LogP contribution in [0.25, 0.3) is 0 Å². The summed E-state index contributed by atoms with van der Waals surface area (Å²) in [4.78, 5) is 13.5. The van der Waals surface area contributed by atoms with E-state index >= 15 is 0 Å². The Morgan fingerprint density at radius 3 is 2.81 bits per heavy atom. The van der Waals surface area contributed by atoms with Crippen LogP contribution in [0.1, 0.15) is 24.1 Å². The van der Waals surface area contributed by atoms with E-state index in [1.807, 2.05) is 48.3 Å². The SMILES string of the molecule is Cn1nc(OCc2ccccc2)cc1CN1CCCC1=O. The summed E-state index contributed by atoms with van der Waals surface area (Å²) in [7, 11) is 1.88. The van der Waals surface area contributed by atoms with Crippen molar-refractivity contribution in [2.24, 2.45) is 7.05 Å². The zero-order valence-electron chi connectivity index (χ0n) is 12.2. The lowest BCUT2D eigenvalue weighted by atomic mass is 10.2. The molecule has 0 bridgehead atoms. The predicted molar refractivity (Wildman–Crippen MR) is 78.6 cm³/mol. The van der Waals surface area contributed by atoms with Gasteiger partial charge in [-0.05, 0) is 12.0 Å². The first-order chi connectivity index (χ1) is 10.2. The maximum absolute atomic E-state index is 11.7. The zero-order valence-corrected chi connectivity index (χ0v) is 12.2. The first kappa shape index (κ1) is 13.7. The van der Waals surface area contributed by atoms with Gasteiger partial charge < -0.3 is 9.64 Å². The highest BCUT2D eigenvalue weighted by atomic mass is 16.5. The Bertz CT molecular complexity index is 622. The fourth-order valence-corrected chi connectivity index (χ4v) is 2.49. The van der Waals surface area contributed by atoms with Crippen molar-refractivity contribution >= 4 is 5.91 Å². The van der Waals surface area contributed by atoms with E-state index in [1.165, 1.54) is 0 Å². The average molecular weight is 285 g/mol. The molecule has 0 unspecified atom stereocenters. The Morgan fingerprint density at radius 1 is 1.29 bits per heavy atom. The van der Waals surface area contributed by atoms with E-state index in [0.29, 0.717) is 25.5 Å². The van der Waals surface area contributed by atoms with Crippen LogP contribution in [0, 0.1) is 0 Å². The first-order valence-corrected chi connectivity index (χ1v) is 7.20. The first-order valence-electron chi connectivity index (χ1n) is 7.20. The van der Waals surface area contributed by atoms with E-state index < -0.39 is 0 Å². The third-order valence-corrected chi connectivity index (χ3v) is 3.71. The normalized spacial score (nSPS) is 14.7. The third kappa shape index (κ3) is 3.24. The van der Waals surface area contributed by atoms with Crippen LogP contribution in [0.15, 0.2) is 36.4 Å². The van der Waals surface area contributed by atoms with E-state index in [9.17, 15) is 4.79 Å².